The number of fused-ring (bicyclic) bond motifs is 2. The predicted octanol–water partition coefficient (Wildman–Crippen LogP) is 4.28. The van der Waals surface area contributed by atoms with Gasteiger partial charge in [-0.15, -0.1) is 0 Å². The van der Waals surface area contributed by atoms with Crippen LogP contribution in [0.3, 0.4) is 0 Å². The molecule has 0 bridgehead atoms. The van der Waals surface area contributed by atoms with E-state index in [1.807, 2.05) is 0 Å². The molecule has 0 aromatic heterocycles. The molecule has 1 aliphatic heterocycles. The fourth-order valence-electron chi connectivity index (χ4n) is 3.16. The lowest BCUT2D eigenvalue weighted by Crippen LogP contribution is -2.21. The minimum Gasteiger partial charge on any atom is -0.322 e. The van der Waals surface area contributed by atoms with Crippen LogP contribution in [0.15, 0.2) is 70.5 Å². The first-order chi connectivity index (χ1) is 13.3. The van der Waals surface area contributed by atoms with E-state index in [2.05, 4.69) is 5.32 Å². The zero-order valence-corrected chi connectivity index (χ0v) is 16.3. The summed E-state index contributed by atoms with van der Waals surface area (Å²) < 4.78 is 25.9. The molecule has 0 radical (unpaired) electrons. The van der Waals surface area contributed by atoms with Crippen molar-refractivity contribution in [2.75, 3.05) is 5.32 Å². The Bertz CT molecular complexity index is 1270. The highest BCUT2D eigenvalue weighted by Gasteiger charge is 2.35. The van der Waals surface area contributed by atoms with Gasteiger partial charge >= 0.3 is 0 Å². The molecule has 0 atom stereocenters. The van der Waals surface area contributed by atoms with Crippen LogP contribution in [-0.2, 0) is 9.84 Å². The van der Waals surface area contributed by atoms with Crippen molar-refractivity contribution in [2.45, 2.75) is 16.7 Å². The van der Waals surface area contributed by atoms with Crippen molar-refractivity contribution in [1.82, 2.24) is 0 Å². The van der Waals surface area contributed by atoms with E-state index in [1.54, 1.807) is 37.3 Å². The number of benzene rings is 3. The molecule has 0 spiro atoms. The van der Waals surface area contributed by atoms with Gasteiger partial charge in [0.2, 0.25) is 9.84 Å². The highest BCUT2D eigenvalue weighted by Crippen LogP contribution is 2.35. The molecule has 0 saturated carbocycles. The van der Waals surface area contributed by atoms with Crippen molar-refractivity contribution >= 4 is 38.8 Å². The van der Waals surface area contributed by atoms with Crippen LogP contribution in [0, 0.1) is 6.92 Å². The normalized spacial score (nSPS) is 14.1. The van der Waals surface area contributed by atoms with Crippen molar-refractivity contribution < 1.29 is 18.0 Å². The van der Waals surface area contributed by atoms with Crippen LogP contribution in [-0.4, -0.2) is 20.1 Å². The minimum absolute atomic E-state index is 0.0456. The molecule has 3 aromatic rings. The molecular weight excluding hydrogens is 398 g/mol. The molecular formula is C21H14ClNO4S. The summed E-state index contributed by atoms with van der Waals surface area (Å²) in [7, 11) is -3.90. The van der Waals surface area contributed by atoms with Gasteiger partial charge in [0.05, 0.1) is 9.79 Å². The van der Waals surface area contributed by atoms with E-state index in [-0.39, 0.29) is 32.3 Å². The van der Waals surface area contributed by atoms with Gasteiger partial charge in [0.15, 0.2) is 5.78 Å². The summed E-state index contributed by atoms with van der Waals surface area (Å²) in [6.45, 7) is 1.77. The number of carbonyl (C=O) groups is 2. The van der Waals surface area contributed by atoms with Crippen molar-refractivity contribution in [1.29, 1.82) is 0 Å². The maximum Gasteiger partial charge on any atom is 0.255 e. The fourth-order valence-corrected chi connectivity index (χ4v) is 5.01. The molecule has 0 unspecified atom stereocenters. The van der Waals surface area contributed by atoms with Gasteiger partial charge < -0.3 is 5.32 Å². The summed E-state index contributed by atoms with van der Waals surface area (Å²) in [4.78, 5) is 25.1. The third-order valence-electron chi connectivity index (χ3n) is 4.72. The van der Waals surface area contributed by atoms with E-state index in [0.717, 1.165) is 0 Å². The summed E-state index contributed by atoms with van der Waals surface area (Å²) in [6, 6.07) is 15.2. The number of rotatable bonds is 2. The lowest BCUT2D eigenvalue weighted by atomic mass is 10.0. The van der Waals surface area contributed by atoms with Crippen LogP contribution in [0.4, 0.5) is 5.69 Å². The number of amides is 1. The summed E-state index contributed by atoms with van der Waals surface area (Å²) in [5, 5.41) is 3.24. The van der Waals surface area contributed by atoms with Crippen LogP contribution < -0.4 is 5.32 Å². The van der Waals surface area contributed by atoms with Crippen molar-refractivity contribution in [2.24, 2.45) is 0 Å². The zero-order valence-electron chi connectivity index (χ0n) is 14.7. The zero-order chi connectivity index (χ0) is 20.1. The van der Waals surface area contributed by atoms with Gasteiger partial charge in [-0.05, 0) is 55.0 Å². The average molecular weight is 412 g/mol. The quantitative estimate of drug-likeness (QED) is 0.534. The first-order valence-corrected chi connectivity index (χ1v) is 10.3. The Kier molecular flexibility index (Phi) is 4.33. The number of anilines is 1. The summed E-state index contributed by atoms with van der Waals surface area (Å²) in [5.41, 5.74) is 1.57. The smallest absolute Gasteiger partial charge is 0.255 e. The van der Waals surface area contributed by atoms with Gasteiger partial charge in [0.25, 0.3) is 5.91 Å². The van der Waals surface area contributed by atoms with Crippen molar-refractivity contribution in [3.8, 4) is 0 Å². The largest absolute Gasteiger partial charge is 0.322 e. The molecule has 0 fully saturated rings. The van der Waals surface area contributed by atoms with Crippen molar-refractivity contribution in [3.05, 3.63) is 87.9 Å². The Labute approximate surface area is 166 Å². The number of nitrogens with one attached hydrogen (secondary N) is 1. The number of halogens is 1. The fraction of sp³-hybridized carbons (Fsp3) is 0.0476. The maximum absolute atomic E-state index is 13.0. The van der Waals surface area contributed by atoms with Gasteiger partial charge in [0, 0.05) is 27.4 Å². The van der Waals surface area contributed by atoms with E-state index in [9.17, 15) is 18.0 Å². The second-order valence-corrected chi connectivity index (χ2v) is 8.70. The monoisotopic (exact) mass is 411 g/mol. The Morgan fingerprint density at radius 3 is 2.43 bits per heavy atom. The lowest BCUT2D eigenvalue weighted by Gasteiger charge is -2.19. The Morgan fingerprint density at radius 2 is 1.64 bits per heavy atom. The summed E-state index contributed by atoms with van der Waals surface area (Å²) in [5.74, 6) is -0.868. The number of ketones is 1. The number of hydrogen-bond donors (Lipinski definition) is 1. The average Bonchev–Trinajstić information content (AvgIpc) is 2.69. The van der Waals surface area contributed by atoms with Gasteiger partial charge in [-0.3, -0.25) is 9.59 Å². The van der Waals surface area contributed by atoms with Crippen molar-refractivity contribution in [3.63, 3.8) is 0 Å². The molecule has 3 aromatic carbocycles. The number of sulfone groups is 1. The minimum atomic E-state index is -3.90. The number of hydrogen-bond acceptors (Lipinski definition) is 4. The second kappa shape index (κ2) is 6.58. The third kappa shape index (κ3) is 2.82. The van der Waals surface area contributed by atoms with Gasteiger partial charge in [-0.2, -0.15) is 0 Å². The molecule has 0 saturated heterocycles. The summed E-state index contributed by atoms with van der Waals surface area (Å²) >= 11 is 6.07. The molecule has 0 aliphatic carbocycles. The van der Waals surface area contributed by atoms with E-state index in [1.165, 1.54) is 30.3 Å². The maximum atomic E-state index is 13.0. The van der Waals surface area contributed by atoms with E-state index >= 15 is 0 Å². The van der Waals surface area contributed by atoms with Crippen LogP contribution >= 0.6 is 11.6 Å². The highest BCUT2D eigenvalue weighted by molar-refractivity contribution is 7.91. The van der Waals surface area contributed by atoms with Crippen LogP contribution in [0.25, 0.3) is 0 Å². The SMILES string of the molecule is Cc1c(Cl)cccc1NC(=O)c1ccc2c(c1)S(=O)(=O)c1ccccc1C2=O. The molecule has 5 nitrogen and oxygen atoms in total. The molecule has 140 valence electrons. The molecule has 1 N–H and O–H groups in total. The molecule has 1 amide bonds. The van der Waals surface area contributed by atoms with Crippen LogP contribution in [0.2, 0.25) is 5.02 Å². The predicted molar refractivity (Wildman–Crippen MR) is 106 cm³/mol. The highest BCUT2D eigenvalue weighted by atomic mass is 35.5. The van der Waals surface area contributed by atoms with E-state index in [0.29, 0.717) is 16.3 Å². The Morgan fingerprint density at radius 1 is 0.929 bits per heavy atom. The van der Waals surface area contributed by atoms with E-state index < -0.39 is 15.7 Å². The topological polar surface area (TPSA) is 80.3 Å². The Hall–Kier alpha value is -2.96. The van der Waals surface area contributed by atoms with Crippen LogP contribution in [0.1, 0.15) is 31.8 Å². The van der Waals surface area contributed by atoms with Gasteiger partial charge in [0.1, 0.15) is 0 Å². The van der Waals surface area contributed by atoms with Gasteiger partial charge in [-0.1, -0.05) is 29.8 Å². The third-order valence-corrected chi connectivity index (χ3v) is 6.98. The van der Waals surface area contributed by atoms with Crippen LogP contribution in [0.5, 0.6) is 0 Å². The molecule has 28 heavy (non-hydrogen) atoms. The first-order valence-electron chi connectivity index (χ1n) is 8.40. The van der Waals surface area contributed by atoms with Gasteiger partial charge in [-0.25, -0.2) is 8.42 Å². The molecule has 1 aliphatic rings. The molecule has 4 rings (SSSR count). The first kappa shape index (κ1) is 18.4. The second-order valence-electron chi connectivity index (χ2n) is 6.41. The molecule has 1 heterocycles. The standard InChI is InChI=1S/C21H14ClNO4S/c1-12-16(22)6-4-7-17(12)23-21(25)13-9-10-15-19(11-13)28(26,27)18-8-3-2-5-14(18)20(15)24/h2-11H,1H3,(H,23,25). The van der Waals surface area contributed by atoms with E-state index in [4.69, 9.17) is 11.6 Å². The summed E-state index contributed by atoms with van der Waals surface area (Å²) in [6.07, 6.45) is 0. The number of carbonyl (C=O) groups excluding carboxylic acids is 2. The Balaban J connectivity index is 1.77. The molecule has 7 heteroatoms. The lowest BCUT2D eigenvalue weighted by molar-refractivity contribution is 0.101.